The van der Waals surface area contributed by atoms with E-state index in [1.807, 2.05) is 67.5 Å². The van der Waals surface area contributed by atoms with Crippen LogP contribution in [-0.4, -0.2) is 72.2 Å². The van der Waals surface area contributed by atoms with Gasteiger partial charge in [0.25, 0.3) is 0 Å². The Morgan fingerprint density at radius 1 is 0.540 bits per heavy atom. The smallest absolute Gasteiger partial charge is 0.212 e. The lowest BCUT2D eigenvalue weighted by Crippen LogP contribution is -2.16. The summed E-state index contributed by atoms with van der Waals surface area (Å²) in [7, 11) is 0. The molecular weight excluding hydrogens is 665 g/mol. The summed E-state index contributed by atoms with van der Waals surface area (Å²) in [6.45, 7) is 4.16. The molecule has 6 heterocycles. The van der Waals surface area contributed by atoms with Gasteiger partial charge in [0, 0.05) is 35.5 Å². The van der Waals surface area contributed by atoms with Gasteiger partial charge in [-0.05, 0) is 49.2 Å². The van der Waals surface area contributed by atoms with Crippen molar-refractivity contribution in [1.29, 1.82) is 0 Å². The van der Waals surface area contributed by atoms with Crippen LogP contribution in [0.15, 0.2) is 118 Å². The Balaban J connectivity index is 0.917. The molecule has 50 heavy (non-hydrogen) atoms. The van der Waals surface area contributed by atoms with E-state index in [0.717, 1.165) is 78.4 Å². The summed E-state index contributed by atoms with van der Waals surface area (Å²) in [6.07, 6.45) is 5.00. The first-order valence-electron chi connectivity index (χ1n) is 16.2. The van der Waals surface area contributed by atoms with E-state index in [4.69, 9.17) is 10.2 Å². The lowest BCUT2D eigenvalue weighted by Gasteiger charge is -2.14. The van der Waals surface area contributed by atoms with Crippen molar-refractivity contribution in [3.63, 3.8) is 0 Å². The molecule has 7 aromatic rings. The molecule has 0 radical (unpaired) electrons. The topological polar surface area (TPSA) is 122 Å². The van der Waals surface area contributed by atoms with Crippen LogP contribution in [0, 0.1) is 13.8 Å². The van der Waals surface area contributed by atoms with Crippen molar-refractivity contribution < 1.29 is 0 Å². The molecule has 9 rings (SSSR count). The molecule has 0 unspecified atom stereocenters. The van der Waals surface area contributed by atoms with Crippen LogP contribution in [0.25, 0.3) is 11.4 Å². The second kappa shape index (κ2) is 12.7. The van der Waals surface area contributed by atoms with Crippen molar-refractivity contribution in [3.05, 3.63) is 143 Å². The van der Waals surface area contributed by atoms with Crippen molar-refractivity contribution in [2.45, 2.75) is 37.0 Å². The molecule has 2 aliphatic rings. The minimum atomic E-state index is 0.605. The number of rotatable bonds is 8. The summed E-state index contributed by atoms with van der Waals surface area (Å²) in [4.78, 5) is 0. The highest BCUT2D eigenvalue weighted by Crippen LogP contribution is 2.28. The zero-order chi connectivity index (χ0) is 33.6. The van der Waals surface area contributed by atoms with E-state index < -0.39 is 0 Å². The summed E-state index contributed by atoms with van der Waals surface area (Å²) in [5.41, 5.74) is 10.4. The van der Waals surface area contributed by atoms with Crippen LogP contribution in [0.3, 0.4) is 0 Å². The van der Waals surface area contributed by atoms with E-state index in [-0.39, 0.29) is 0 Å². The van der Waals surface area contributed by atoms with Gasteiger partial charge in [0.15, 0.2) is 11.6 Å². The Labute approximate surface area is 296 Å². The first-order valence-corrected chi connectivity index (χ1v) is 18.1. The highest BCUT2D eigenvalue weighted by Gasteiger charge is 2.24. The molecule has 0 N–H and O–H groups in total. The van der Waals surface area contributed by atoms with Crippen molar-refractivity contribution >= 4 is 34.9 Å². The number of hydrogen-bond donors (Lipinski definition) is 0. The van der Waals surface area contributed by atoms with Crippen molar-refractivity contribution in [2.75, 3.05) is 11.5 Å². The van der Waals surface area contributed by atoms with Gasteiger partial charge < -0.3 is 0 Å². The van der Waals surface area contributed by atoms with E-state index in [1.54, 1.807) is 23.5 Å². The van der Waals surface area contributed by atoms with Crippen molar-refractivity contribution in [1.82, 2.24) is 49.3 Å². The number of benzene rings is 3. The molecule has 0 bridgehead atoms. The third kappa shape index (κ3) is 5.55. The minimum absolute atomic E-state index is 0.605. The first-order chi connectivity index (χ1) is 24.6. The van der Waals surface area contributed by atoms with Crippen molar-refractivity contribution in [2.24, 2.45) is 10.2 Å². The highest BCUT2D eigenvalue weighted by molar-refractivity contribution is 8.00. The third-order valence-corrected chi connectivity index (χ3v) is 10.7. The van der Waals surface area contributed by atoms with E-state index in [2.05, 4.69) is 93.0 Å². The van der Waals surface area contributed by atoms with Gasteiger partial charge >= 0.3 is 0 Å². The Morgan fingerprint density at radius 2 is 0.960 bits per heavy atom. The average molecular weight is 695 g/mol. The summed E-state index contributed by atoms with van der Waals surface area (Å²) in [5.74, 6) is 3.01. The summed E-state index contributed by atoms with van der Waals surface area (Å²) in [5, 5.41) is 38.7. The number of hydrogen-bond acceptors (Lipinski definition) is 10. The zero-order valence-electron chi connectivity index (χ0n) is 27.2. The van der Waals surface area contributed by atoms with Crippen LogP contribution in [0.1, 0.15) is 45.3 Å². The van der Waals surface area contributed by atoms with Crippen LogP contribution in [-0.2, 0) is 12.8 Å². The minimum Gasteiger partial charge on any atom is -0.237 e. The molecule has 0 saturated carbocycles. The van der Waals surface area contributed by atoms with Gasteiger partial charge in [-0.15, -0.1) is 20.4 Å². The molecule has 3 aromatic carbocycles. The third-order valence-electron chi connectivity index (χ3n) is 8.86. The zero-order valence-corrected chi connectivity index (χ0v) is 28.9. The average Bonchev–Trinajstić information content (AvgIpc) is 3.95. The predicted octanol–water partition coefficient (Wildman–Crippen LogP) is 5.76. The van der Waals surface area contributed by atoms with E-state index in [1.165, 1.54) is 0 Å². The van der Waals surface area contributed by atoms with Crippen LogP contribution < -0.4 is 0 Å². The van der Waals surface area contributed by atoms with Gasteiger partial charge in [0.2, 0.25) is 10.3 Å². The maximum atomic E-state index is 4.99. The lowest BCUT2D eigenvalue weighted by molar-refractivity contribution is 0.718. The Hall–Kier alpha value is -5.60. The molecular formula is C36H30N12S2. The summed E-state index contributed by atoms with van der Waals surface area (Å²) >= 11 is 3.28. The molecule has 0 amide bonds. The van der Waals surface area contributed by atoms with Gasteiger partial charge in [-0.1, -0.05) is 84.2 Å². The molecule has 2 aliphatic heterocycles. The quantitative estimate of drug-likeness (QED) is 0.197. The summed E-state index contributed by atoms with van der Waals surface area (Å²) < 4.78 is 7.65. The molecule has 4 aromatic heterocycles. The fourth-order valence-electron chi connectivity index (χ4n) is 6.21. The first kappa shape index (κ1) is 30.5. The van der Waals surface area contributed by atoms with Crippen LogP contribution in [0.5, 0.6) is 0 Å². The predicted molar refractivity (Wildman–Crippen MR) is 194 cm³/mol. The standard InChI is InChI=1S/C36H30N12S2/c1-23-29(19-37-45(23)27-9-5-3-6-10-27)31-21-49-35-41-39-33(47(35)43-31)17-25-13-15-26(16-14-25)18-34-40-42-36-48(34)44-32(22-50-36)30-20-38-46(24(30)2)28-11-7-4-8-12-28/h3-16,19-20H,17-18,21-22H2,1-2H3. The molecule has 12 nitrogen and oxygen atoms in total. The van der Waals surface area contributed by atoms with Gasteiger partial charge in [-0.25, -0.2) is 9.36 Å². The van der Waals surface area contributed by atoms with Gasteiger partial charge in [-0.3, -0.25) is 0 Å². The number of aromatic nitrogens is 10. The Kier molecular flexibility index (Phi) is 7.73. The molecule has 0 saturated heterocycles. The monoisotopic (exact) mass is 694 g/mol. The SMILES string of the molecule is Cc1c(C2=Nn3c(Cc4ccc(Cc5nnc6n5N=C(c5cnn(-c7ccccc7)c5C)CS6)cc4)nnc3SC2)cnn1-c1ccccc1. The summed E-state index contributed by atoms with van der Waals surface area (Å²) in [6, 6.07) is 28.8. The van der Waals surface area contributed by atoms with Gasteiger partial charge in [-0.2, -0.15) is 29.8 Å². The van der Waals surface area contributed by atoms with Gasteiger partial charge in [0.1, 0.15) is 0 Å². The largest absolute Gasteiger partial charge is 0.237 e. The Bertz CT molecular complexity index is 2230. The fourth-order valence-corrected chi connectivity index (χ4v) is 7.90. The molecule has 0 aliphatic carbocycles. The molecule has 0 atom stereocenters. The fraction of sp³-hybridized carbons (Fsp3) is 0.167. The van der Waals surface area contributed by atoms with Gasteiger partial charge in [0.05, 0.1) is 46.6 Å². The van der Waals surface area contributed by atoms with E-state index in [0.29, 0.717) is 24.3 Å². The number of fused-ring (bicyclic) bond motifs is 2. The lowest BCUT2D eigenvalue weighted by atomic mass is 10.1. The maximum absolute atomic E-state index is 4.99. The molecule has 0 fully saturated rings. The van der Waals surface area contributed by atoms with E-state index >= 15 is 0 Å². The number of thioether (sulfide) groups is 2. The maximum Gasteiger partial charge on any atom is 0.212 e. The normalized spacial score (nSPS) is 13.9. The van der Waals surface area contributed by atoms with E-state index in [9.17, 15) is 0 Å². The highest BCUT2D eigenvalue weighted by atomic mass is 32.2. The van der Waals surface area contributed by atoms with Crippen LogP contribution in [0.2, 0.25) is 0 Å². The second-order valence-electron chi connectivity index (χ2n) is 12.0. The number of para-hydroxylation sites is 2. The Morgan fingerprint density at radius 3 is 1.38 bits per heavy atom. The second-order valence-corrected chi connectivity index (χ2v) is 13.9. The van der Waals surface area contributed by atoms with Crippen LogP contribution >= 0.6 is 23.5 Å². The molecule has 246 valence electrons. The van der Waals surface area contributed by atoms with Crippen molar-refractivity contribution in [3.8, 4) is 11.4 Å². The number of nitrogens with zero attached hydrogens (tertiary/aromatic N) is 12. The molecule has 14 heteroatoms. The van der Waals surface area contributed by atoms with Crippen LogP contribution in [0.4, 0.5) is 0 Å². The molecule has 0 spiro atoms.